The number of hydrogen-bond acceptors (Lipinski definition) is 3. The minimum absolute atomic E-state index is 0.0139. The predicted octanol–water partition coefficient (Wildman–Crippen LogP) is 3.83. The van der Waals surface area contributed by atoms with Crippen molar-refractivity contribution in [2.75, 3.05) is 19.4 Å². The summed E-state index contributed by atoms with van der Waals surface area (Å²) in [5, 5.41) is 3.81. The molecule has 0 heterocycles. The lowest BCUT2D eigenvalue weighted by Gasteiger charge is -2.11. The Hall–Kier alpha value is -1.42. The van der Waals surface area contributed by atoms with Crippen LogP contribution >= 0.6 is 11.8 Å². The van der Waals surface area contributed by atoms with E-state index in [0.29, 0.717) is 12.0 Å². The maximum atomic E-state index is 12.2. The van der Waals surface area contributed by atoms with Gasteiger partial charge in [-0.3, -0.25) is 4.79 Å². The van der Waals surface area contributed by atoms with Gasteiger partial charge in [-0.1, -0.05) is 18.9 Å². The monoisotopic (exact) mass is 319 g/mol. The van der Waals surface area contributed by atoms with Gasteiger partial charge in [0.25, 0.3) is 5.91 Å². The number of thioether (sulfide) groups is 1. The third-order valence-corrected chi connectivity index (χ3v) is 5.33. The number of allylic oxidation sites excluding steroid dienone is 1. The number of methoxy groups -OCH3 is 1. The predicted molar refractivity (Wildman–Crippen MR) is 93.9 cm³/mol. The molecule has 0 unspecified atom stereocenters. The van der Waals surface area contributed by atoms with Crippen molar-refractivity contribution in [1.29, 1.82) is 0 Å². The van der Waals surface area contributed by atoms with Crippen LogP contribution in [0.2, 0.25) is 0 Å². The van der Waals surface area contributed by atoms with E-state index in [4.69, 9.17) is 4.74 Å². The summed E-state index contributed by atoms with van der Waals surface area (Å²) < 4.78 is 5.31. The molecule has 1 saturated carbocycles. The van der Waals surface area contributed by atoms with Gasteiger partial charge in [-0.05, 0) is 43.0 Å². The lowest BCUT2D eigenvalue weighted by Crippen LogP contribution is -2.26. The quantitative estimate of drug-likeness (QED) is 0.584. The molecule has 1 amide bonds. The van der Waals surface area contributed by atoms with Gasteiger partial charge in [-0.15, -0.1) is 6.58 Å². The summed E-state index contributed by atoms with van der Waals surface area (Å²) >= 11 is 1.99. The summed E-state index contributed by atoms with van der Waals surface area (Å²) in [5.74, 6) is 1.78. The summed E-state index contributed by atoms with van der Waals surface area (Å²) in [4.78, 5) is 12.2. The van der Waals surface area contributed by atoms with Crippen LogP contribution in [0.15, 0.2) is 30.9 Å². The second-order valence-corrected chi connectivity index (χ2v) is 6.96. The van der Waals surface area contributed by atoms with Crippen molar-refractivity contribution in [2.24, 2.45) is 0 Å². The fraction of sp³-hybridized carbons (Fsp3) is 0.500. The lowest BCUT2D eigenvalue weighted by atomic mass is 10.1. The molecule has 3 nitrogen and oxygen atoms in total. The number of carbonyl (C=O) groups is 1. The zero-order valence-electron chi connectivity index (χ0n) is 13.3. The summed E-state index contributed by atoms with van der Waals surface area (Å²) in [6, 6.07) is 5.55. The van der Waals surface area contributed by atoms with Crippen LogP contribution in [0.25, 0.3) is 0 Å². The van der Waals surface area contributed by atoms with E-state index in [1.165, 1.54) is 25.7 Å². The van der Waals surface area contributed by atoms with Crippen LogP contribution in [0.1, 0.15) is 41.6 Å². The molecule has 1 N–H and O–H groups in total. The van der Waals surface area contributed by atoms with Gasteiger partial charge in [0.05, 0.1) is 7.11 Å². The average Bonchev–Trinajstić information content (AvgIpc) is 3.05. The van der Waals surface area contributed by atoms with Gasteiger partial charge in [-0.2, -0.15) is 11.8 Å². The van der Waals surface area contributed by atoms with Gasteiger partial charge in [0.15, 0.2) is 0 Å². The molecule has 4 heteroatoms. The highest BCUT2D eigenvalue weighted by molar-refractivity contribution is 7.99. The third kappa shape index (κ3) is 4.80. The lowest BCUT2D eigenvalue weighted by molar-refractivity contribution is 0.0956. The minimum Gasteiger partial charge on any atom is -0.496 e. The first-order valence-electron chi connectivity index (χ1n) is 7.92. The fourth-order valence-corrected chi connectivity index (χ4v) is 4.00. The molecule has 1 aromatic carbocycles. The van der Waals surface area contributed by atoms with Crippen LogP contribution in [0.5, 0.6) is 5.75 Å². The Balaban J connectivity index is 1.83. The molecular formula is C18H25NO2S. The first kappa shape index (κ1) is 16.9. The Bertz CT molecular complexity index is 510. The second-order valence-electron chi connectivity index (χ2n) is 5.55. The van der Waals surface area contributed by atoms with Crippen LogP contribution in [-0.2, 0) is 6.42 Å². The van der Waals surface area contributed by atoms with E-state index in [2.05, 4.69) is 11.9 Å². The van der Waals surface area contributed by atoms with Crippen molar-refractivity contribution in [3.8, 4) is 5.75 Å². The number of benzene rings is 1. The molecule has 1 fully saturated rings. The van der Waals surface area contributed by atoms with E-state index in [1.807, 2.05) is 36.0 Å². The first-order valence-corrected chi connectivity index (χ1v) is 8.97. The van der Waals surface area contributed by atoms with E-state index < -0.39 is 0 Å². The van der Waals surface area contributed by atoms with Gasteiger partial charge in [0.2, 0.25) is 0 Å². The molecule has 1 aromatic rings. The Kier molecular flexibility index (Phi) is 6.84. The molecule has 0 radical (unpaired) electrons. The van der Waals surface area contributed by atoms with Crippen LogP contribution in [0.3, 0.4) is 0 Å². The fourth-order valence-electron chi connectivity index (χ4n) is 2.78. The normalized spacial score (nSPS) is 14.8. The van der Waals surface area contributed by atoms with E-state index >= 15 is 0 Å². The first-order chi connectivity index (χ1) is 10.7. The number of nitrogens with one attached hydrogen (secondary N) is 1. The van der Waals surface area contributed by atoms with Crippen molar-refractivity contribution in [1.82, 2.24) is 5.32 Å². The van der Waals surface area contributed by atoms with Crippen molar-refractivity contribution < 1.29 is 9.53 Å². The second kappa shape index (κ2) is 8.89. The van der Waals surface area contributed by atoms with Gasteiger partial charge in [0, 0.05) is 23.1 Å². The van der Waals surface area contributed by atoms with Crippen LogP contribution in [-0.4, -0.2) is 30.6 Å². The summed E-state index contributed by atoms with van der Waals surface area (Å²) in [6.07, 6.45) is 7.91. The number of hydrogen-bond donors (Lipinski definition) is 1. The Morgan fingerprint density at radius 3 is 2.91 bits per heavy atom. The largest absolute Gasteiger partial charge is 0.496 e. The molecule has 1 aliphatic rings. The Morgan fingerprint density at radius 2 is 2.23 bits per heavy atom. The zero-order valence-corrected chi connectivity index (χ0v) is 14.1. The van der Waals surface area contributed by atoms with Gasteiger partial charge >= 0.3 is 0 Å². The standard InChI is InChI=1S/C18H25NO2S/c1-3-6-14-13-15(9-10-17(14)21-2)18(20)19-11-12-22-16-7-4-5-8-16/h3,9-10,13,16H,1,4-8,11-12H2,2H3,(H,19,20). The number of carbonyl (C=O) groups excluding carboxylic acids is 1. The van der Waals surface area contributed by atoms with Gasteiger partial charge < -0.3 is 10.1 Å². The number of ether oxygens (including phenoxy) is 1. The Morgan fingerprint density at radius 1 is 1.45 bits per heavy atom. The molecule has 0 spiro atoms. The van der Waals surface area contributed by atoms with Gasteiger partial charge in [-0.25, -0.2) is 0 Å². The van der Waals surface area contributed by atoms with Crippen LogP contribution < -0.4 is 10.1 Å². The van der Waals surface area contributed by atoms with E-state index in [-0.39, 0.29) is 5.91 Å². The molecule has 0 saturated heterocycles. The molecular weight excluding hydrogens is 294 g/mol. The van der Waals surface area contributed by atoms with Crippen molar-refractivity contribution in [2.45, 2.75) is 37.4 Å². The van der Waals surface area contributed by atoms with E-state index in [9.17, 15) is 4.79 Å². The van der Waals surface area contributed by atoms with E-state index in [1.54, 1.807) is 7.11 Å². The van der Waals surface area contributed by atoms with Crippen molar-refractivity contribution in [3.63, 3.8) is 0 Å². The molecule has 2 rings (SSSR count). The summed E-state index contributed by atoms with van der Waals surface area (Å²) in [6.45, 7) is 4.47. The van der Waals surface area contributed by atoms with Crippen molar-refractivity contribution in [3.05, 3.63) is 42.0 Å². The maximum absolute atomic E-state index is 12.2. The van der Waals surface area contributed by atoms with Crippen LogP contribution in [0.4, 0.5) is 0 Å². The smallest absolute Gasteiger partial charge is 0.251 e. The highest BCUT2D eigenvalue weighted by Gasteiger charge is 2.15. The summed E-state index contributed by atoms with van der Waals surface area (Å²) in [7, 11) is 1.64. The minimum atomic E-state index is -0.0139. The topological polar surface area (TPSA) is 38.3 Å². The van der Waals surface area contributed by atoms with Crippen LogP contribution in [0, 0.1) is 0 Å². The molecule has 0 aromatic heterocycles. The Labute approximate surface area is 137 Å². The number of amides is 1. The zero-order chi connectivity index (χ0) is 15.8. The highest BCUT2D eigenvalue weighted by atomic mass is 32.2. The molecule has 22 heavy (non-hydrogen) atoms. The maximum Gasteiger partial charge on any atom is 0.251 e. The summed E-state index contributed by atoms with van der Waals surface area (Å²) in [5.41, 5.74) is 1.67. The molecule has 0 aliphatic heterocycles. The highest BCUT2D eigenvalue weighted by Crippen LogP contribution is 2.28. The van der Waals surface area contributed by atoms with E-state index in [0.717, 1.165) is 28.9 Å². The average molecular weight is 319 g/mol. The molecule has 0 bridgehead atoms. The SMILES string of the molecule is C=CCc1cc(C(=O)NCCSC2CCCC2)ccc1OC. The molecule has 1 aliphatic carbocycles. The molecule has 120 valence electrons. The third-order valence-electron chi connectivity index (χ3n) is 3.95. The van der Waals surface area contributed by atoms with Crippen molar-refractivity contribution >= 4 is 17.7 Å². The van der Waals surface area contributed by atoms with Gasteiger partial charge in [0.1, 0.15) is 5.75 Å². The molecule has 0 atom stereocenters. The number of rotatable bonds is 8.